The maximum Gasteiger partial charge on any atom is 0.144 e. The molecule has 0 aliphatic carbocycles. The fraction of sp³-hybridized carbons (Fsp3) is 0.200. The Hall–Kier alpha value is -1.61. The molecule has 1 N–H and O–H groups in total. The molecule has 0 saturated heterocycles. The van der Waals surface area contributed by atoms with E-state index in [9.17, 15) is 0 Å². The molecule has 0 aliphatic rings. The Morgan fingerprint density at radius 3 is 2.22 bits per heavy atom. The SMILES string of the molecule is Cc1ccc(Sc2cc(C)c(N=[NH+])cc2C)cc1. The van der Waals surface area contributed by atoms with Crippen molar-refractivity contribution in [3.8, 4) is 0 Å². The molecule has 0 amide bonds. The Bertz CT molecular complexity index is 574. The van der Waals surface area contributed by atoms with Gasteiger partial charge in [-0.15, -0.1) is 0 Å². The van der Waals surface area contributed by atoms with E-state index in [4.69, 9.17) is 5.53 Å². The van der Waals surface area contributed by atoms with E-state index in [0.29, 0.717) is 0 Å². The quantitative estimate of drug-likeness (QED) is 0.840. The minimum atomic E-state index is 0.751. The lowest BCUT2D eigenvalue weighted by molar-refractivity contribution is -0.210. The van der Waals surface area contributed by atoms with Gasteiger partial charge in [-0.2, -0.15) is 0 Å². The van der Waals surface area contributed by atoms with Gasteiger partial charge in [0, 0.05) is 9.79 Å². The molecule has 18 heavy (non-hydrogen) atoms. The summed E-state index contributed by atoms with van der Waals surface area (Å²) in [6.45, 7) is 6.14. The first-order chi connectivity index (χ1) is 8.60. The summed E-state index contributed by atoms with van der Waals surface area (Å²) in [4.78, 5) is 2.46. The molecule has 0 bridgehead atoms. The third-order valence-corrected chi connectivity index (χ3v) is 4.03. The number of hydrogen-bond acceptors (Lipinski definition) is 3. The average Bonchev–Trinajstić information content (AvgIpc) is 2.36. The maximum absolute atomic E-state index is 7.11. The van der Waals surface area contributed by atoms with Gasteiger partial charge in [0.1, 0.15) is 11.2 Å². The van der Waals surface area contributed by atoms with Crippen molar-refractivity contribution < 1.29 is 5.53 Å². The van der Waals surface area contributed by atoms with E-state index in [-0.39, 0.29) is 0 Å². The van der Waals surface area contributed by atoms with Crippen molar-refractivity contribution in [1.82, 2.24) is 0 Å². The van der Waals surface area contributed by atoms with E-state index in [1.54, 1.807) is 11.8 Å². The van der Waals surface area contributed by atoms with Crippen LogP contribution < -0.4 is 5.53 Å². The minimum absolute atomic E-state index is 0.751. The van der Waals surface area contributed by atoms with Crippen LogP contribution in [-0.2, 0) is 0 Å². The van der Waals surface area contributed by atoms with Crippen LogP contribution in [0.1, 0.15) is 16.7 Å². The van der Waals surface area contributed by atoms with Gasteiger partial charge in [0.15, 0.2) is 0 Å². The third kappa shape index (κ3) is 2.79. The topological polar surface area (TPSA) is 36.2 Å². The fourth-order valence-corrected chi connectivity index (χ4v) is 2.72. The fourth-order valence-electron chi connectivity index (χ4n) is 1.74. The first-order valence-corrected chi connectivity index (χ1v) is 6.65. The zero-order valence-corrected chi connectivity index (χ0v) is 11.6. The van der Waals surface area contributed by atoms with Crippen LogP contribution >= 0.6 is 11.8 Å². The van der Waals surface area contributed by atoms with E-state index in [1.165, 1.54) is 15.4 Å². The molecule has 0 atom stereocenters. The van der Waals surface area contributed by atoms with Crippen LogP contribution in [0.4, 0.5) is 5.69 Å². The van der Waals surface area contributed by atoms with Crippen molar-refractivity contribution in [2.75, 3.05) is 0 Å². The van der Waals surface area contributed by atoms with Gasteiger partial charge in [-0.25, -0.2) is 0 Å². The van der Waals surface area contributed by atoms with Crippen molar-refractivity contribution in [3.05, 3.63) is 53.1 Å². The summed E-state index contributed by atoms with van der Waals surface area (Å²) in [5.74, 6) is 0. The zero-order valence-electron chi connectivity index (χ0n) is 10.8. The van der Waals surface area contributed by atoms with Gasteiger partial charge in [-0.1, -0.05) is 29.5 Å². The number of benzene rings is 2. The third-order valence-electron chi connectivity index (χ3n) is 2.86. The standard InChI is InChI=1S/C15H16N2S/c1-10-4-6-13(7-5-10)18-15-9-11(2)14(17-16)8-12(15)3/h4-9,16H,1-3H3/q+1. The average molecular weight is 256 g/mol. The molecule has 0 saturated carbocycles. The van der Waals surface area contributed by atoms with E-state index >= 15 is 0 Å². The Balaban J connectivity index is 2.32. The molecule has 0 spiro atoms. The molecule has 2 nitrogen and oxygen atoms in total. The van der Waals surface area contributed by atoms with Gasteiger partial charge >= 0.3 is 0 Å². The monoisotopic (exact) mass is 256 g/mol. The first kappa shape index (κ1) is 12.8. The van der Waals surface area contributed by atoms with Crippen LogP contribution in [-0.4, -0.2) is 0 Å². The molecular weight excluding hydrogens is 240 g/mol. The lowest BCUT2D eigenvalue weighted by Crippen LogP contribution is -2.22. The van der Waals surface area contributed by atoms with Crippen molar-refractivity contribution in [1.29, 1.82) is 0 Å². The highest BCUT2D eigenvalue weighted by atomic mass is 32.2. The van der Waals surface area contributed by atoms with Crippen molar-refractivity contribution in [2.45, 2.75) is 30.6 Å². The van der Waals surface area contributed by atoms with Crippen molar-refractivity contribution >= 4 is 17.4 Å². The van der Waals surface area contributed by atoms with Crippen LogP contribution in [0.15, 0.2) is 51.3 Å². The summed E-state index contributed by atoms with van der Waals surface area (Å²) in [7, 11) is 0. The molecule has 91 valence electrons. The summed E-state index contributed by atoms with van der Waals surface area (Å²) in [6, 6.07) is 12.6. The van der Waals surface area contributed by atoms with Crippen molar-refractivity contribution in [2.24, 2.45) is 5.11 Å². The number of hydrogen-bond donors (Lipinski definition) is 1. The van der Waals surface area contributed by atoms with Gasteiger partial charge in [-0.3, -0.25) is 0 Å². The number of aryl methyl sites for hydroxylation is 3. The van der Waals surface area contributed by atoms with Crippen LogP contribution in [0.2, 0.25) is 0 Å². The minimum Gasteiger partial charge on any atom is -0.0898 e. The van der Waals surface area contributed by atoms with Crippen LogP contribution in [0, 0.1) is 20.8 Å². The molecule has 2 aromatic carbocycles. The Morgan fingerprint density at radius 1 is 0.944 bits per heavy atom. The van der Waals surface area contributed by atoms with Crippen LogP contribution in [0.25, 0.3) is 0 Å². The second-order valence-corrected chi connectivity index (χ2v) is 5.55. The van der Waals surface area contributed by atoms with E-state index in [0.717, 1.165) is 16.8 Å². The zero-order chi connectivity index (χ0) is 13.1. The van der Waals surface area contributed by atoms with E-state index in [2.05, 4.69) is 49.3 Å². The van der Waals surface area contributed by atoms with Gasteiger partial charge in [0.2, 0.25) is 0 Å². The highest BCUT2D eigenvalue weighted by Gasteiger charge is 2.07. The molecule has 0 aromatic heterocycles. The second-order valence-electron chi connectivity index (χ2n) is 4.43. The van der Waals surface area contributed by atoms with Gasteiger partial charge < -0.3 is 0 Å². The highest BCUT2D eigenvalue weighted by molar-refractivity contribution is 7.99. The number of nitrogens with zero attached hydrogens (tertiary/aromatic N) is 1. The summed E-state index contributed by atoms with van der Waals surface area (Å²) >= 11 is 1.75. The van der Waals surface area contributed by atoms with Crippen LogP contribution in [0.3, 0.4) is 0 Å². The van der Waals surface area contributed by atoms with Gasteiger partial charge in [-0.05, 0) is 56.2 Å². The molecule has 3 heteroatoms. The summed E-state index contributed by atoms with van der Waals surface area (Å²) in [5.41, 5.74) is 11.3. The lowest BCUT2D eigenvalue weighted by Gasteiger charge is -2.08. The van der Waals surface area contributed by atoms with Crippen molar-refractivity contribution in [3.63, 3.8) is 0 Å². The Labute approximate surface area is 112 Å². The predicted molar refractivity (Wildman–Crippen MR) is 74.3 cm³/mol. The molecule has 0 heterocycles. The summed E-state index contributed by atoms with van der Waals surface area (Å²) in [6.07, 6.45) is 0. The molecule has 0 fully saturated rings. The Kier molecular flexibility index (Phi) is 3.82. The molecular formula is C15H16N2S+. The highest BCUT2D eigenvalue weighted by Crippen LogP contribution is 2.34. The smallest absolute Gasteiger partial charge is 0.0898 e. The largest absolute Gasteiger partial charge is 0.144 e. The predicted octanol–water partition coefficient (Wildman–Crippen LogP) is 3.39. The number of rotatable bonds is 3. The first-order valence-electron chi connectivity index (χ1n) is 5.83. The molecule has 1 radical (unpaired) electrons. The van der Waals surface area contributed by atoms with Crippen LogP contribution in [0.5, 0.6) is 0 Å². The second kappa shape index (κ2) is 5.36. The molecule has 2 rings (SSSR count). The normalized spacial score (nSPS) is 10.4. The van der Waals surface area contributed by atoms with E-state index in [1.807, 2.05) is 13.0 Å². The van der Waals surface area contributed by atoms with Gasteiger partial charge in [0.05, 0.1) is 5.11 Å². The van der Waals surface area contributed by atoms with Gasteiger partial charge in [0.25, 0.3) is 0 Å². The molecule has 0 unspecified atom stereocenters. The maximum atomic E-state index is 7.11. The number of nitrogens with one attached hydrogen (secondary N) is 1. The lowest BCUT2D eigenvalue weighted by atomic mass is 10.1. The summed E-state index contributed by atoms with van der Waals surface area (Å²) < 4.78 is 0. The summed E-state index contributed by atoms with van der Waals surface area (Å²) in [5, 5.41) is 3.53. The Morgan fingerprint density at radius 2 is 1.61 bits per heavy atom. The van der Waals surface area contributed by atoms with E-state index < -0.39 is 0 Å². The molecule has 2 aromatic rings. The molecule has 0 aliphatic heterocycles.